The molecule has 0 unspecified atom stereocenters. The van der Waals surface area contributed by atoms with Gasteiger partial charge in [0.2, 0.25) is 0 Å². The van der Waals surface area contributed by atoms with Gasteiger partial charge in [0.1, 0.15) is 4.47 Å². The highest BCUT2D eigenvalue weighted by Crippen LogP contribution is 2.47. The first kappa shape index (κ1) is 13.9. The molecular weight excluding hydrogens is 314 g/mol. The van der Waals surface area contributed by atoms with Gasteiger partial charge in [-0.1, -0.05) is 0 Å². The summed E-state index contributed by atoms with van der Waals surface area (Å²) in [5, 5.41) is 7.52. The highest BCUT2D eigenvalue weighted by Gasteiger charge is 2.41. The zero-order chi connectivity index (χ0) is 13.3. The third-order valence-electron chi connectivity index (χ3n) is 3.27. The molecule has 2 rings (SSSR count). The van der Waals surface area contributed by atoms with E-state index in [4.69, 9.17) is 0 Å². The van der Waals surface area contributed by atoms with Crippen molar-refractivity contribution in [1.29, 1.82) is 0 Å². The SMILES string of the molecule is CSC1(CNc2cnn(C(C)C)c(=O)c2Br)CC1. The summed E-state index contributed by atoms with van der Waals surface area (Å²) in [6.45, 7) is 4.78. The minimum atomic E-state index is -0.0796. The molecule has 6 heteroatoms. The van der Waals surface area contributed by atoms with Gasteiger partial charge < -0.3 is 5.32 Å². The van der Waals surface area contributed by atoms with Crippen LogP contribution in [0.5, 0.6) is 0 Å². The van der Waals surface area contributed by atoms with Crippen LogP contribution >= 0.6 is 27.7 Å². The van der Waals surface area contributed by atoms with Crippen molar-refractivity contribution in [3.63, 3.8) is 0 Å². The molecule has 0 spiro atoms. The average Bonchev–Trinajstić information content (AvgIpc) is 3.11. The molecule has 0 bridgehead atoms. The number of rotatable bonds is 5. The molecule has 0 aromatic carbocycles. The van der Waals surface area contributed by atoms with Crippen molar-refractivity contribution in [3.05, 3.63) is 21.0 Å². The molecule has 1 aliphatic rings. The van der Waals surface area contributed by atoms with Crippen molar-refractivity contribution in [1.82, 2.24) is 9.78 Å². The summed E-state index contributed by atoms with van der Waals surface area (Å²) in [7, 11) is 0. The van der Waals surface area contributed by atoms with E-state index in [9.17, 15) is 4.79 Å². The number of hydrogen-bond donors (Lipinski definition) is 1. The van der Waals surface area contributed by atoms with E-state index in [0.717, 1.165) is 12.2 Å². The van der Waals surface area contributed by atoms with E-state index in [1.165, 1.54) is 17.5 Å². The molecule has 1 aromatic rings. The lowest BCUT2D eigenvalue weighted by atomic mass is 10.3. The number of thioether (sulfide) groups is 1. The third kappa shape index (κ3) is 2.74. The van der Waals surface area contributed by atoms with Gasteiger partial charge >= 0.3 is 0 Å². The summed E-state index contributed by atoms with van der Waals surface area (Å²) in [6.07, 6.45) is 6.35. The van der Waals surface area contributed by atoms with Gasteiger partial charge in [0.15, 0.2) is 0 Å². The molecule has 1 fully saturated rings. The van der Waals surface area contributed by atoms with Crippen LogP contribution in [0.2, 0.25) is 0 Å². The smallest absolute Gasteiger partial charge is 0.283 e. The topological polar surface area (TPSA) is 46.9 Å². The maximum absolute atomic E-state index is 12.0. The Balaban J connectivity index is 2.15. The van der Waals surface area contributed by atoms with Crippen LogP contribution < -0.4 is 10.9 Å². The summed E-state index contributed by atoms with van der Waals surface area (Å²) in [6, 6.07) is 0.0730. The summed E-state index contributed by atoms with van der Waals surface area (Å²) in [5.41, 5.74) is 0.709. The van der Waals surface area contributed by atoms with Crippen LogP contribution in [-0.2, 0) is 0 Å². The van der Waals surface area contributed by atoms with E-state index >= 15 is 0 Å². The van der Waals surface area contributed by atoms with Crippen LogP contribution in [0.15, 0.2) is 15.5 Å². The van der Waals surface area contributed by atoms with Crippen LogP contribution in [0.25, 0.3) is 0 Å². The Morgan fingerprint density at radius 3 is 2.78 bits per heavy atom. The minimum absolute atomic E-state index is 0.0730. The molecule has 100 valence electrons. The lowest BCUT2D eigenvalue weighted by Crippen LogP contribution is -2.27. The molecule has 0 aliphatic heterocycles. The van der Waals surface area contributed by atoms with Gasteiger partial charge in [-0.2, -0.15) is 16.9 Å². The van der Waals surface area contributed by atoms with Crippen molar-refractivity contribution in [3.8, 4) is 0 Å². The van der Waals surface area contributed by atoms with E-state index in [1.54, 1.807) is 6.20 Å². The van der Waals surface area contributed by atoms with Crippen LogP contribution in [0.1, 0.15) is 32.7 Å². The second kappa shape index (κ2) is 5.25. The largest absolute Gasteiger partial charge is 0.381 e. The van der Waals surface area contributed by atoms with Crippen molar-refractivity contribution in [2.75, 3.05) is 18.1 Å². The first-order valence-electron chi connectivity index (χ1n) is 6.05. The van der Waals surface area contributed by atoms with Crippen molar-refractivity contribution in [2.45, 2.75) is 37.5 Å². The monoisotopic (exact) mass is 331 g/mol. The predicted octanol–water partition coefficient (Wildman–Crippen LogP) is 2.89. The second-order valence-corrected chi connectivity index (χ2v) is 7.02. The van der Waals surface area contributed by atoms with Gasteiger partial charge in [0.05, 0.1) is 17.9 Å². The van der Waals surface area contributed by atoms with E-state index < -0.39 is 0 Å². The highest BCUT2D eigenvalue weighted by molar-refractivity contribution is 9.10. The quantitative estimate of drug-likeness (QED) is 0.901. The highest BCUT2D eigenvalue weighted by atomic mass is 79.9. The fourth-order valence-electron chi connectivity index (χ4n) is 1.78. The molecule has 18 heavy (non-hydrogen) atoms. The van der Waals surface area contributed by atoms with Crippen LogP contribution in [0.4, 0.5) is 5.69 Å². The Labute approximate surface area is 120 Å². The Morgan fingerprint density at radius 1 is 1.61 bits per heavy atom. The summed E-state index contributed by atoms with van der Waals surface area (Å²) in [4.78, 5) is 12.0. The number of halogens is 1. The lowest BCUT2D eigenvalue weighted by molar-refractivity contribution is 0.501. The number of aromatic nitrogens is 2. The van der Waals surface area contributed by atoms with Crippen molar-refractivity contribution < 1.29 is 0 Å². The molecule has 0 saturated heterocycles. The molecule has 1 aromatic heterocycles. The van der Waals surface area contributed by atoms with E-state index in [0.29, 0.717) is 9.22 Å². The molecule has 1 aliphatic carbocycles. The Bertz CT molecular complexity index is 497. The van der Waals surface area contributed by atoms with Crippen LogP contribution in [0.3, 0.4) is 0 Å². The molecule has 1 heterocycles. The van der Waals surface area contributed by atoms with E-state index in [-0.39, 0.29) is 11.6 Å². The number of nitrogens with one attached hydrogen (secondary N) is 1. The van der Waals surface area contributed by atoms with Crippen molar-refractivity contribution >= 4 is 33.4 Å². The van der Waals surface area contributed by atoms with Gasteiger partial charge in [-0.15, -0.1) is 0 Å². The van der Waals surface area contributed by atoms with Gasteiger partial charge in [0.25, 0.3) is 5.56 Å². The van der Waals surface area contributed by atoms with Crippen LogP contribution in [-0.4, -0.2) is 27.3 Å². The zero-order valence-corrected chi connectivity index (χ0v) is 13.3. The summed E-state index contributed by atoms with van der Waals surface area (Å²) in [5.74, 6) is 0. The van der Waals surface area contributed by atoms with Gasteiger partial charge in [-0.25, -0.2) is 4.68 Å². The number of nitrogens with zero attached hydrogens (tertiary/aromatic N) is 2. The maximum Gasteiger partial charge on any atom is 0.283 e. The summed E-state index contributed by atoms with van der Waals surface area (Å²) >= 11 is 5.26. The molecule has 0 amide bonds. The molecule has 1 saturated carbocycles. The minimum Gasteiger partial charge on any atom is -0.381 e. The molecule has 0 radical (unpaired) electrons. The maximum atomic E-state index is 12.0. The van der Waals surface area contributed by atoms with Gasteiger partial charge in [-0.3, -0.25) is 4.79 Å². The van der Waals surface area contributed by atoms with Gasteiger partial charge in [-0.05, 0) is 48.9 Å². The molecule has 1 N–H and O–H groups in total. The van der Waals surface area contributed by atoms with Gasteiger partial charge in [0, 0.05) is 11.3 Å². The molecular formula is C12H18BrN3OS. The van der Waals surface area contributed by atoms with E-state index in [2.05, 4.69) is 32.6 Å². The van der Waals surface area contributed by atoms with Crippen LogP contribution in [0, 0.1) is 0 Å². The lowest BCUT2D eigenvalue weighted by Gasteiger charge is -2.16. The Hall–Kier alpha value is -0.490. The number of anilines is 1. The molecule has 0 atom stereocenters. The predicted molar refractivity (Wildman–Crippen MR) is 80.6 cm³/mol. The third-order valence-corrected chi connectivity index (χ3v) is 5.46. The first-order valence-corrected chi connectivity index (χ1v) is 8.07. The molecule has 4 nitrogen and oxygen atoms in total. The first-order chi connectivity index (χ1) is 8.49. The van der Waals surface area contributed by atoms with Crippen molar-refractivity contribution in [2.24, 2.45) is 0 Å². The fourth-order valence-corrected chi connectivity index (χ4v) is 2.94. The van der Waals surface area contributed by atoms with E-state index in [1.807, 2.05) is 25.6 Å². The fraction of sp³-hybridized carbons (Fsp3) is 0.667. The standard InChI is InChI=1S/C12H18BrN3OS/c1-8(2)16-11(17)10(13)9(6-15-16)14-7-12(18-3)4-5-12/h6,8,14H,4-5,7H2,1-3H3. The zero-order valence-electron chi connectivity index (χ0n) is 10.9. The average molecular weight is 332 g/mol. The summed E-state index contributed by atoms with van der Waals surface area (Å²) < 4.78 is 2.42. The second-order valence-electron chi connectivity index (χ2n) is 4.96. The Morgan fingerprint density at radius 2 is 2.28 bits per heavy atom. The number of hydrogen-bond acceptors (Lipinski definition) is 4. The Kier molecular flexibility index (Phi) is 4.06. The normalized spacial score (nSPS) is 16.9.